The van der Waals surface area contributed by atoms with E-state index in [1.807, 2.05) is 13.8 Å². The summed E-state index contributed by atoms with van der Waals surface area (Å²) in [6.45, 7) is 4.92. The number of benzene rings is 3. The van der Waals surface area contributed by atoms with Gasteiger partial charge in [0.1, 0.15) is 12.6 Å². The molecule has 1 fully saturated rings. The van der Waals surface area contributed by atoms with Crippen LogP contribution in [-0.4, -0.2) is 43.8 Å². The van der Waals surface area contributed by atoms with E-state index in [2.05, 4.69) is 5.32 Å². The van der Waals surface area contributed by atoms with Crippen molar-refractivity contribution in [3.63, 3.8) is 0 Å². The Morgan fingerprint density at radius 1 is 0.951 bits per heavy atom. The molecule has 1 atom stereocenters. The van der Waals surface area contributed by atoms with Crippen LogP contribution in [-0.2, 0) is 26.2 Å². The highest BCUT2D eigenvalue weighted by atomic mass is 35.5. The molecule has 0 aromatic heterocycles. The maximum absolute atomic E-state index is 14.0. The van der Waals surface area contributed by atoms with Crippen LogP contribution >= 0.6 is 23.2 Å². The van der Waals surface area contributed by atoms with Gasteiger partial charge in [0.2, 0.25) is 11.8 Å². The Bertz CT molecular complexity index is 1490. The molecule has 2 amide bonds. The summed E-state index contributed by atoms with van der Waals surface area (Å²) in [6.07, 6.45) is 3.91. The number of halogens is 2. The number of aryl methyl sites for hydroxylation is 2. The lowest BCUT2D eigenvalue weighted by Gasteiger charge is -2.32. The molecule has 41 heavy (non-hydrogen) atoms. The zero-order valence-corrected chi connectivity index (χ0v) is 25.8. The Labute approximate surface area is 252 Å². The summed E-state index contributed by atoms with van der Waals surface area (Å²) in [7, 11) is -4.16. The molecule has 1 aliphatic rings. The molecule has 0 bridgehead atoms. The van der Waals surface area contributed by atoms with Crippen molar-refractivity contribution in [2.75, 3.05) is 10.8 Å². The summed E-state index contributed by atoms with van der Waals surface area (Å²) in [5, 5.41) is 3.99. The predicted octanol–water partition coefficient (Wildman–Crippen LogP) is 6.28. The molecular weight excluding hydrogens is 581 g/mol. The average molecular weight is 617 g/mol. The third-order valence-corrected chi connectivity index (χ3v) is 9.91. The van der Waals surface area contributed by atoms with Crippen LogP contribution in [0, 0.1) is 13.8 Å². The normalized spacial score (nSPS) is 14.5. The molecule has 1 saturated carbocycles. The minimum atomic E-state index is -4.16. The number of anilines is 1. The van der Waals surface area contributed by atoms with E-state index in [4.69, 9.17) is 23.2 Å². The number of sulfonamides is 1. The minimum absolute atomic E-state index is 0.0453. The predicted molar refractivity (Wildman–Crippen MR) is 164 cm³/mol. The van der Waals surface area contributed by atoms with E-state index in [-0.39, 0.29) is 29.1 Å². The molecule has 3 aromatic rings. The Kier molecular flexibility index (Phi) is 10.00. The molecule has 0 unspecified atom stereocenters. The zero-order valence-electron chi connectivity index (χ0n) is 23.4. The van der Waals surface area contributed by atoms with Gasteiger partial charge in [-0.05, 0) is 81.1 Å². The molecule has 0 radical (unpaired) electrons. The van der Waals surface area contributed by atoms with Gasteiger partial charge in [0.25, 0.3) is 10.0 Å². The monoisotopic (exact) mass is 615 g/mol. The number of carbonyl (C=O) groups excluding carboxylic acids is 2. The maximum Gasteiger partial charge on any atom is 0.264 e. The van der Waals surface area contributed by atoms with Gasteiger partial charge in [-0.3, -0.25) is 13.9 Å². The second kappa shape index (κ2) is 13.3. The number of rotatable bonds is 10. The molecule has 218 valence electrons. The molecule has 10 heteroatoms. The van der Waals surface area contributed by atoms with Crippen LogP contribution in [0.2, 0.25) is 10.0 Å². The van der Waals surface area contributed by atoms with E-state index in [1.54, 1.807) is 55.5 Å². The van der Waals surface area contributed by atoms with Crippen LogP contribution in [0.4, 0.5) is 5.69 Å². The number of amides is 2. The fraction of sp³-hybridized carbons (Fsp3) is 0.355. The van der Waals surface area contributed by atoms with Gasteiger partial charge in [-0.1, -0.05) is 71.9 Å². The van der Waals surface area contributed by atoms with E-state index >= 15 is 0 Å². The largest absolute Gasteiger partial charge is 0.352 e. The van der Waals surface area contributed by atoms with Crippen LogP contribution in [0.5, 0.6) is 0 Å². The Morgan fingerprint density at radius 3 is 2.20 bits per heavy atom. The number of carbonyl (C=O) groups is 2. The SMILES string of the molecule is Cc1ccc(S(=O)(=O)N(CC(=O)N(Cc2ccc(Cl)cc2)[C@H](C)C(=O)NC2CCCC2)c2ccc(C)c(Cl)c2)cc1. The van der Waals surface area contributed by atoms with Crippen LogP contribution in [0.25, 0.3) is 0 Å². The molecule has 0 spiro atoms. The van der Waals surface area contributed by atoms with Crippen molar-refractivity contribution in [1.29, 1.82) is 0 Å². The van der Waals surface area contributed by atoms with Gasteiger partial charge in [0, 0.05) is 22.6 Å². The summed E-state index contributed by atoms with van der Waals surface area (Å²) < 4.78 is 28.9. The lowest BCUT2D eigenvalue weighted by Crippen LogP contribution is -2.52. The average Bonchev–Trinajstić information content (AvgIpc) is 3.45. The molecule has 7 nitrogen and oxygen atoms in total. The smallest absolute Gasteiger partial charge is 0.264 e. The topological polar surface area (TPSA) is 86.8 Å². The van der Waals surface area contributed by atoms with E-state index in [9.17, 15) is 18.0 Å². The van der Waals surface area contributed by atoms with E-state index < -0.39 is 28.5 Å². The quantitative estimate of drug-likeness (QED) is 0.291. The Morgan fingerprint density at radius 2 is 1.59 bits per heavy atom. The second-order valence-corrected chi connectivity index (χ2v) is 13.3. The molecule has 0 aliphatic heterocycles. The van der Waals surface area contributed by atoms with Crippen LogP contribution in [0.15, 0.2) is 71.6 Å². The van der Waals surface area contributed by atoms with Crippen molar-refractivity contribution in [2.45, 2.75) is 70.0 Å². The molecule has 1 N–H and O–H groups in total. The number of nitrogens with zero attached hydrogens (tertiary/aromatic N) is 2. The molecule has 0 saturated heterocycles. The Hall–Kier alpha value is -3.07. The first kappa shape index (κ1) is 30.9. The van der Waals surface area contributed by atoms with Gasteiger partial charge < -0.3 is 10.2 Å². The van der Waals surface area contributed by atoms with Gasteiger partial charge in [0.05, 0.1) is 10.6 Å². The fourth-order valence-corrected chi connectivity index (χ4v) is 6.57. The maximum atomic E-state index is 14.0. The summed E-state index contributed by atoms with van der Waals surface area (Å²) in [5.41, 5.74) is 2.69. The summed E-state index contributed by atoms with van der Waals surface area (Å²) >= 11 is 12.5. The highest BCUT2D eigenvalue weighted by Crippen LogP contribution is 2.29. The highest BCUT2D eigenvalue weighted by molar-refractivity contribution is 7.92. The van der Waals surface area contributed by atoms with Crippen molar-refractivity contribution < 1.29 is 18.0 Å². The zero-order chi connectivity index (χ0) is 29.7. The van der Waals surface area contributed by atoms with E-state index in [1.165, 1.54) is 23.1 Å². The van der Waals surface area contributed by atoms with Crippen LogP contribution < -0.4 is 9.62 Å². The molecule has 1 aliphatic carbocycles. The molecule has 4 rings (SSSR count). The first-order chi connectivity index (χ1) is 19.5. The minimum Gasteiger partial charge on any atom is -0.352 e. The summed E-state index contributed by atoms with van der Waals surface area (Å²) in [4.78, 5) is 28.8. The molecular formula is C31H35Cl2N3O4S. The molecule has 3 aromatic carbocycles. The number of hydrogen-bond acceptors (Lipinski definition) is 4. The standard InChI is InChI=1S/C31H35Cl2N3O4S/c1-21-8-16-28(17-9-21)41(39,40)36(27-15-10-22(2)29(33)18-27)20-30(37)35(19-24-11-13-25(32)14-12-24)23(3)31(38)34-26-6-4-5-7-26/h8-18,23,26H,4-7,19-20H2,1-3H3,(H,34,38)/t23-/m1/s1. The first-order valence-corrected chi connectivity index (χ1v) is 15.8. The lowest BCUT2D eigenvalue weighted by molar-refractivity contribution is -0.139. The second-order valence-electron chi connectivity index (χ2n) is 10.6. The number of hydrogen-bond donors (Lipinski definition) is 1. The van der Waals surface area contributed by atoms with Crippen molar-refractivity contribution in [1.82, 2.24) is 10.2 Å². The third-order valence-electron chi connectivity index (χ3n) is 7.47. The van der Waals surface area contributed by atoms with Crippen LogP contribution in [0.1, 0.15) is 49.3 Å². The van der Waals surface area contributed by atoms with Crippen molar-refractivity contribution >= 4 is 50.7 Å². The third kappa shape index (κ3) is 7.61. The molecule has 0 heterocycles. The summed E-state index contributed by atoms with van der Waals surface area (Å²) in [5.74, 6) is -0.799. The fourth-order valence-electron chi connectivity index (χ4n) is 4.86. The van der Waals surface area contributed by atoms with Crippen molar-refractivity contribution in [3.8, 4) is 0 Å². The van der Waals surface area contributed by atoms with Crippen molar-refractivity contribution in [3.05, 3.63) is 93.5 Å². The van der Waals surface area contributed by atoms with Gasteiger partial charge in [0.15, 0.2) is 0 Å². The van der Waals surface area contributed by atoms with Crippen LogP contribution in [0.3, 0.4) is 0 Å². The summed E-state index contributed by atoms with van der Waals surface area (Å²) in [6, 6.07) is 17.5. The van der Waals surface area contributed by atoms with Gasteiger partial charge in [-0.15, -0.1) is 0 Å². The van der Waals surface area contributed by atoms with Gasteiger partial charge in [-0.2, -0.15) is 0 Å². The van der Waals surface area contributed by atoms with E-state index in [0.717, 1.165) is 46.7 Å². The van der Waals surface area contributed by atoms with E-state index in [0.29, 0.717) is 10.0 Å². The van der Waals surface area contributed by atoms with Crippen molar-refractivity contribution in [2.24, 2.45) is 0 Å². The number of nitrogens with one attached hydrogen (secondary N) is 1. The first-order valence-electron chi connectivity index (χ1n) is 13.7. The highest BCUT2D eigenvalue weighted by Gasteiger charge is 2.33. The lowest BCUT2D eigenvalue weighted by atomic mass is 10.1. The van der Waals surface area contributed by atoms with Gasteiger partial charge in [-0.25, -0.2) is 8.42 Å². The van der Waals surface area contributed by atoms with Gasteiger partial charge >= 0.3 is 0 Å². The Balaban J connectivity index is 1.70.